The molecule has 0 fully saturated rings. The Morgan fingerprint density at radius 3 is 1.91 bits per heavy atom. The fourth-order valence-corrected chi connectivity index (χ4v) is 9.15. The highest BCUT2D eigenvalue weighted by atomic mass is 16.3. The predicted octanol–water partition coefficient (Wildman–Crippen LogP) is 14.8. The summed E-state index contributed by atoms with van der Waals surface area (Å²) in [5.74, 6) is 0. The van der Waals surface area contributed by atoms with Crippen molar-refractivity contribution in [3.63, 3.8) is 0 Å². The number of furan rings is 1. The monoisotopic (exact) mass is 700 g/mol. The van der Waals surface area contributed by atoms with Gasteiger partial charge in [0.15, 0.2) is 5.58 Å². The molecule has 3 nitrogen and oxygen atoms in total. The Hall–Kier alpha value is -7.36. The molecule has 0 unspecified atom stereocenters. The molecule has 12 rings (SSSR count). The third kappa shape index (κ3) is 4.38. The lowest BCUT2D eigenvalue weighted by atomic mass is 9.90. The number of para-hydroxylation sites is 4. The molecule has 0 bridgehead atoms. The number of hydrogen-bond acceptors (Lipinski definition) is 2. The first-order chi connectivity index (χ1) is 27.3. The van der Waals surface area contributed by atoms with Gasteiger partial charge in [-0.2, -0.15) is 0 Å². The van der Waals surface area contributed by atoms with E-state index in [-0.39, 0.29) is 0 Å². The minimum atomic E-state index is 0.868. The van der Waals surface area contributed by atoms with E-state index < -0.39 is 0 Å². The van der Waals surface area contributed by atoms with Crippen molar-refractivity contribution >= 4 is 104 Å². The maximum absolute atomic E-state index is 6.62. The number of anilines is 3. The summed E-state index contributed by atoms with van der Waals surface area (Å²) in [6.07, 6.45) is 0. The van der Waals surface area contributed by atoms with Crippen LogP contribution in [0.2, 0.25) is 0 Å². The van der Waals surface area contributed by atoms with Crippen molar-refractivity contribution in [1.82, 2.24) is 4.57 Å². The molecule has 0 aliphatic rings. The van der Waals surface area contributed by atoms with Gasteiger partial charge in [0.25, 0.3) is 0 Å². The summed E-state index contributed by atoms with van der Waals surface area (Å²) in [5, 5.41) is 14.9. The van der Waals surface area contributed by atoms with E-state index in [4.69, 9.17) is 4.42 Å². The molecule has 0 atom stereocenters. The highest BCUT2D eigenvalue weighted by Gasteiger charge is 2.21. The lowest BCUT2D eigenvalue weighted by Crippen LogP contribution is -2.10. The SMILES string of the molecule is c1ccc(N(c2cccc(-n3c4ccccc4c4cc5c6ccccc6c6ccc7ccccc7c6c5cc43)c2)c2cccc3c2oc2ccccc23)cc1. The van der Waals surface area contributed by atoms with Gasteiger partial charge in [-0.3, -0.25) is 0 Å². The number of aromatic nitrogens is 1. The Kier molecular flexibility index (Phi) is 6.34. The Labute approximate surface area is 316 Å². The number of hydrogen-bond donors (Lipinski definition) is 0. The number of rotatable bonds is 4. The third-order valence-corrected chi connectivity index (χ3v) is 11.5. The van der Waals surface area contributed by atoms with Crippen LogP contribution < -0.4 is 4.90 Å². The second-order valence-corrected chi connectivity index (χ2v) is 14.5. The van der Waals surface area contributed by atoms with Crippen LogP contribution in [0.3, 0.4) is 0 Å². The summed E-state index contributed by atoms with van der Waals surface area (Å²) in [6.45, 7) is 0. The summed E-state index contributed by atoms with van der Waals surface area (Å²) in [7, 11) is 0. The summed E-state index contributed by atoms with van der Waals surface area (Å²) < 4.78 is 9.06. The maximum atomic E-state index is 6.62. The fourth-order valence-electron chi connectivity index (χ4n) is 9.15. The third-order valence-electron chi connectivity index (χ3n) is 11.5. The van der Waals surface area contributed by atoms with E-state index in [1.165, 1.54) is 64.9 Å². The fraction of sp³-hybridized carbons (Fsp3) is 0. The van der Waals surface area contributed by atoms with Gasteiger partial charge in [0.05, 0.1) is 16.7 Å². The Morgan fingerprint density at radius 2 is 1.04 bits per heavy atom. The van der Waals surface area contributed by atoms with Crippen molar-refractivity contribution in [3.05, 3.63) is 194 Å². The quantitative estimate of drug-likeness (QED) is 0.170. The predicted molar refractivity (Wildman–Crippen MR) is 233 cm³/mol. The molecule has 3 heteroatoms. The largest absolute Gasteiger partial charge is 0.454 e. The average Bonchev–Trinajstić information content (AvgIpc) is 3.79. The van der Waals surface area contributed by atoms with Crippen LogP contribution in [0.15, 0.2) is 199 Å². The van der Waals surface area contributed by atoms with Crippen molar-refractivity contribution in [1.29, 1.82) is 0 Å². The van der Waals surface area contributed by atoms with Crippen LogP contribution in [0.4, 0.5) is 17.1 Å². The summed E-state index contributed by atoms with van der Waals surface area (Å²) >= 11 is 0. The van der Waals surface area contributed by atoms with Gasteiger partial charge >= 0.3 is 0 Å². The normalized spacial score (nSPS) is 12.0. The molecule has 2 heterocycles. The van der Waals surface area contributed by atoms with Crippen molar-refractivity contribution in [2.45, 2.75) is 0 Å². The van der Waals surface area contributed by atoms with Gasteiger partial charge in [0, 0.05) is 38.6 Å². The molecule has 0 saturated carbocycles. The molecule has 0 spiro atoms. The Morgan fingerprint density at radius 1 is 0.364 bits per heavy atom. The van der Waals surface area contributed by atoms with Crippen LogP contribution in [0.25, 0.3) is 92.5 Å². The molecule has 0 N–H and O–H groups in total. The molecule has 256 valence electrons. The molecule has 12 aromatic rings. The molecular weight excluding hydrogens is 669 g/mol. The first-order valence-corrected chi connectivity index (χ1v) is 18.9. The van der Waals surface area contributed by atoms with Crippen molar-refractivity contribution in [3.8, 4) is 5.69 Å². The second-order valence-electron chi connectivity index (χ2n) is 14.5. The summed E-state index contributed by atoms with van der Waals surface area (Å²) in [4.78, 5) is 2.32. The maximum Gasteiger partial charge on any atom is 0.159 e. The van der Waals surface area contributed by atoms with Crippen LogP contribution in [-0.4, -0.2) is 4.57 Å². The van der Waals surface area contributed by atoms with E-state index in [1.54, 1.807) is 0 Å². The molecule has 0 amide bonds. The van der Waals surface area contributed by atoms with Gasteiger partial charge in [0.2, 0.25) is 0 Å². The van der Waals surface area contributed by atoms with E-state index in [0.29, 0.717) is 0 Å². The zero-order chi connectivity index (χ0) is 36.0. The molecule has 0 aliphatic heterocycles. The van der Waals surface area contributed by atoms with Crippen LogP contribution in [0.5, 0.6) is 0 Å². The first kappa shape index (κ1) is 30.1. The topological polar surface area (TPSA) is 21.3 Å². The summed E-state index contributed by atoms with van der Waals surface area (Å²) in [6, 6.07) is 70.2. The highest BCUT2D eigenvalue weighted by Crippen LogP contribution is 2.45. The van der Waals surface area contributed by atoms with Gasteiger partial charge in [-0.1, -0.05) is 133 Å². The molecule has 2 aromatic heterocycles. The van der Waals surface area contributed by atoms with E-state index in [2.05, 4.69) is 191 Å². The smallest absolute Gasteiger partial charge is 0.159 e. The van der Waals surface area contributed by atoms with Crippen molar-refractivity contribution < 1.29 is 4.42 Å². The van der Waals surface area contributed by atoms with Gasteiger partial charge in [-0.15, -0.1) is 0 Å². The van der Waals surface area contributed by atoms with Crippen LogP contribution in [0, 0.1) is 0 Å². The lowest BCUT2D eigenvalue weighted by Gasteiger charge is -2.26. The average molecular weight is 701 g/mol. The zero-order valence-electron chi connectivity index (χ0n) is 29.8. The first-order valence-electron chi connectivity index (χ1n) is 18.9. The van der Waals surface area contributed by atoms with Crippen LogP contribution >= 0.6 is 0 Å². The minimum Gasteiger partial charge on any atom is -0.454 e. The molecular formula is C52H32N2O. The minimum absolute atomic E-state index is 0.868. The molecule has 0 saturated heterocycles. The van der Waals surface area contributed by atoms with E-state index in [9.17, 15) is 0 Å². The number of nitrogens with zero attached hydrogens (tertiary/aromatic N) is 2. The van der Waals surface area contributed by atoms with Gasteiger partial charge in [-0.25, -0.2) is 0 Å². The standard InChI is InChI=1S/C52H32N2O/c1-2-15-34(16-3-1)53(48-26-13-24-43-41-23-9-11-27-50(41)55-52(43)48)35-17-12-18-36(30-35)54-47-25-10-8-22-40(47)45-31-44-39-21-7-6-20-38(39)42-29-28-33-14-4-5-19-37(33)51(42)46(44)32-49(45)54/h1-32H. The Bertz CT molecular complexity index is 3500. The molecule has 0 radical (unpaired) electrons. The molecule has 0 aliphatic carbocycles. The van der Waals surface area contributed by atoms with E-state index >= 15 is 0 Å². The van der Waals surface area contributed by atoms with Gasteiger partial charge in [0.1, 0.15) is 5.58 Å². The molecule has 10 aromatic carbocycles. The van der Waals surface area contributed by atoms with Crippen molar-refractivity contribution in [2.75, 3.05) is 4.90 Å². The van der Waals surface area contributed by atoms with Gasteiger partial charge in [-0.05, 0) is 104 Å². The lowest BCUT2D eigenvalue weighted by molar-refractivity contribution is 0.669. The summed E-state index contributed by atoms with van der Waals surface area (Å²) in [5.41, 5.74) is 8.31. The van der Waals surface area contributed by atoms with Crippen molar-refractivity contribution in [2.24, 2.45) is 0 Å². The van der Waals surface area contributed by atoms with Crippen LogP contribution in [0.1, 0.15) is 0 Å². The van der Waals surface area contributed by atoms with Crippen LogP contribution in [-0.2, 0) is 0 Å². The second kappa shape index (κ2) is 11.6. The Balaban J connectivity index is 1.16. The number of benzene rings is 10. The van der Waals surface area contributed by atoms with E-state index in [0.717, 1.165) is 44.7 Å². The highest BCUT2D eigenvalue weighted by molar-refractivity contribution is 6.33. The van der Waals surface area contributed by atoms with Gasteiger partial charge < -0.3 is 13.9 Å². The molecule has 55 heavy (non-hydrogen) atoms. The number of fused-ring (bicyclic) bond motifs is 14. The van der Waals surface area contributed by atoms with E-state index in [1.807, 2.05) is 12.1 Å². The zero-order valence-corrected chi connectivity index (χ0v) is 29.8.